The summed E-state index contributed by atoms with van der Waals surface area (Å²) in [6, 6.07) is 12.9. The minimum Gasteiger partial charge on any atom is -0.497 e. The van der Waals surface area contributed by atoms with Gasteiger partial charge in [-0.3, -0.25) is 0 Å². The number of aromatic nitrogens is 2. The molecule has 2 heterocycles. The van der Waals surface area contributed by atoms with Crippen LogP contribution in [0.25, 0.3) is 21.3 Å². The molecule has 0 spiro atoms. The number of nitrogens with zero attached hydrogens (tertiary/aromatic N) is 2. The summed E-state index contributed by atoms with van der Waals surface area (Å²) in [5, 5.41) is 3.85. The first-order valence-corrected chi connectivity index (χ1v) is 9.29. The van der Waals surface area contributed by atoms with Gasteiger partial charge in [-0.15, -0.1) is 11.3 Å². The number of hydrogen-bond acceptors (Lipinski definition) is 5. The van der Waals surface area contributed by atoms with Crippen molar-refractivity contribution in [1.29, 1.82) is 0 Å². The number of thiophene rings is 1. The number of benzene rings is 2. The van der Waals surface area contributed by atoms with E-state index >= 15 is 0 Å². The van der Waals surface area contributed by atoms with E-state index in [1.807, 2.05) is 29.6 Å². The van der Waals surface area contributed by atoms with Gasteiger partial charge >= 0.3 is 0 Å². The maximum Gasteiger partial charge on any atom is 0.231 e. The predicted molar refractivity (Wildman–Crippen MR) is 106 cm³/mol. The van der Waals surface area contributed by atoms with Gasteiger partial charge in [0.25, 0.3) is 0 Å². The third kappa shape index (κ3) is 3.21. The van der Waals surface area contributed by atoms with Gasteiger partial charge in [-0.05, 0) is 35.9 Å². The summed E-state index contributed by atoms with van der Waals surface area (Å²) in [6.07, 6.45) is 1.48. The number of hydrogen-bond donors (Lipinski definition) is 0. The predicted octanol–water partition coefficient (Wildman–Crippen LogP) is 6.47. The SMILES string of the molecule is COc1ccc(-c2csc3ncnc(Oc4ccc(Cl)cc4Cl)c23)cc1. The zero-order chi connectivity index (χ0) is 18.1. The molecule has 0 N–H and O–H groups in total. The minimum absolute atomic E-state index is 0.422. The second-order valence-electron chi connectivity index (χ2n) is 5.41. The van der Waals surface area contributed by atoms with Gasteiger partial charge in [0.2, 0.25) is 5.88 Å². The fraction of sp³-hybridized carbons (Fsp3) is 0.0526. The fourth-order valence-corrected chi connectivity index (χ4v) is 3.92. The summed E-state index contributed by atoms with van der Waals surface area (Å²) in [7, 11) is 1.64. The Bertz CT molecular complexity index is 1080. The van der Waals surface area contributed by atoms with Crippen LogP contribution in [0.3, 0.4) is 0 Å². The summed E-state index contributed by atoms with van der Waals surface area (Å²) in [6.45, 7) is 0. The van der Waals surface area contributed by atoms with Crippen LogP contribution in [-0.4, -0.2) is 17.1 Å². The van der Waals surface area contributed by atoms with Crippen molar-refractivity contribution < 1.29 is 9.47 Å². The molecule has 0 radical (unpaired) electrons. The standard InChI is InChI=1S/C19H12Cl2N2O2S/c1-24-13-5-2-11(3-6-13)14-9-26-19-17(14)18(22-10-23-19)25-16-7-4-12(20)8-15(16)21/h2-10H,1H3. The molecule has 4 nitrogen and oxygen atoms in total. The quantitative estimate of drug-likeness (QED) is 0.392. The van der Waals surface area contributed by atoms with Crippen LogP contribution in [0.2, 0.25) is 10.0 Å². The second kappa shape index (κ2) is 7.11. The summed E-state index contributed by atoms with van der Waals surface area (Å²) in [4.78, 5) is 9.50. The van der Waals surface area contributed by atoms with Crippen LogP contribution in [0.1, 0.15) is 0 Å². The molecule has 0 aliphatic carbocycles. The molecule has 130 valence electrons. The summed E-state index contributed by atoms with van der Waals surface area (Å²) >= 11 is 13.7. The van der Waals surface area contributed by atoms with Gasteiger partial charge in [0.05, 0.1) is 17.5 Å². The van der Waals surface area contributed by atoms with Gasteiger partial charge < -0.3 is 9.47 Å². The molecule has 0 unspecified atom stereocenters. The van der Waals surface area contributed by atoms with Crippen LogP contribution in [0.5, 0.6) is 17.4 Å². The zero-order valence-corrected chi connectivity index (χ0v) is 15.9. The summed E-state index contributed by atoms with van der Waals surface area (Å²) in [5.41, 5.74) is 2.02. The van der Waals surface area contributed by atoms with E-state index in [1.165, 1.54) is 17.7 Å². The molecule has 2 aromatic carbocycles. The first-order valence-electron chi connectivity index (χ1n) is 7.65. The fourth-order valence-electron chi connectivity index (χ4n) is 2.57. The van der Waals surface area contributed by atoms with Crippen molar-refractivity contribution in [3.05, 3.63) is 64.2 Å². The molecule has 0 saturated heterocycles. The highest BCUT2D eigenvalue weighted by Crippen LogP contribution is 2.40. The van der Waals surface area contributed by atoms with Gasteiger partial charge in [-0.2, -0.15) is 0 Å². The zero-order valence-electron chi connectivity index (χ0n) is 13.6. The lowest BCUT2D eigenvalue weighted by Gasteiger charge is -2.09. The molecule has 0 aliphatic heterocycles. The van der Waals surface area contributed by atoms with Crippen LogP contribution in [0, 0.1) is 0 Å². The smallest absolute Gasteiger partial charge is 0.231 e. The van der Waals surface area contributed by atoms with E-state index in [-0.39, 0.29) is 0 Å². The van der Waals surface area contributed by atoms with E-state index in [0.29, 0.717) is 21.7 Å². The lowest BCUT2D eigenvalue weighted by molar-refractivity contribution is 0.415. The van der Waals surface area contributed by atoms with Crippen LogP contribution in [0.4, 0.5) is 0 Å². The van der Waals surface area contributed by atoms with Crippen molar-refractivity contribution in [3.8, 4) is 28.5 Å². The molecule has 4 aromatic rings. The number of methoxy groups -OCH3 is 1. The average Bonchev–Trinajstić information content (AvgIpc) is 3.09. The van der Waals surface area contributed by atoms with Crippen molar-refractivity contribution in [2.75, 3.05) is 7.11 Å². The number of fused-ring (bicyclic) bond motifs is 1. The third-order valence-corrected chi connectivity index (χ3v) is 5.25. The number of halogens is 2. The second-order valence-corrected chi connectivity index (χ2v) is 7.12. The van der Waals surface area contributed by atoms with Crippen LogP contribution in [0.15, 0.2) is 54.2 Å². The van der Waals surface area contributed by atoms with Crippen LogP contribution >= 0.6 is 34.5 Å². The first kappa shape index (κ1) is 17.1. The Morgan fingerprint density at radius 3 is 2.54 bits per heavy atom. The number of rotatable bonds is 4. The Morgan fingerprint density at radius 2 is 1.81 bits per heavy atom. The van der Waals surface area contributed by atoms with Gasteiger partial charge in [-0.1, -0.05) is 35.3 Å². The largest absolute Gasteiger partial charge is 0.497 e. The van der Waals surface area contributed by atoms with Crippen LogP contribution in [-0.2, 0) is 0 Å². The summed E-state index contributed by atoms with van der Waals surface area (Å²) < 4.78 is 11.2. The topological polar surface area (TPSA) is 44.2 Å². The van der Waals surface area contributed by atoms with Gasteiger partial charge in [0, 0.05) is 16.0 Å². The van der Waals surface area contributed by atoms with Crippen molar-refractivity contribution in [2.45, 2.75) is 0 Å². The van der Waals surface area contributed by atoms with Crippen molar-refractivity contribution >= 4 is 44.8 Å². The van der Waals surface area contributed by atoms with Gasteiger partial charge in [0.1, 0.15) is 22.7 Å². The molecule has 26 heavy (non-hydrogen) atoms. The molecule has 0 bridgehead atoms. The first-order chi connectivity index (χ1) is 12.7. The van der Waals surface area contributed by atoms with Crippen molar-refractivity contribution in [3.63, 3.8) is 0 Å². The monoisotopic (exact) mass is 402 g/mol. The molecule has 0 aliphatic rings. The highest BCUT2D eigenvalue weighted by molar-refractivity contribution is 7.17. The maximum atomic E-state index is 6.23. The maximum absolute atomic E-state index is 6.23. The highest BCUT2D eigenvalue weighted by atomic mass is 35.5. The highest BCUT2D eigenvalue weighted by Gasteiger charge is 2.16. The molecule has 2 aromatic heterocycles. The Morgan fingerprint density at radius 1 is 1.00 bits per heavy atom. The molecule has 0 amide bonds. The van der Waals surface area contributed by atoms with E-state index < -0.39 is 0 Å². The van der Waals surface area contributed by atoms with Gasteiger partial charge in [0.15, 0.2) is 0 Å². The van der Waals surface area contributed by atoms with E-state index in [2.05, 4.69) is 9.97 Å². The van der Waals surface area contributed by atoms with E-state index in [4.69, 9.17) is 32.7 Å². The van der Waals surface area contributed by atoms with Crippen molar-refractivity contribution in [2.24, 2.45) is 0 Å². The molecule has 7 heteroatoms. The van der Waals surface area contributed by atoms with Crippen molar-refractivity contribution in [1.82, 2.24) is 9.97 Å². The Balaban J connectivity index is 1.81. The van der Waals surface area contributed by atoms with E-state index in [0.717, 1.165) is 27.1 Å². The minimum atomic E-state index is 0.422. The average molecular weight is 403 g/mol. The molecule has 4 rings (SSSR count). The molecular weight excluding hydrogens is 391 g/mol. The molecule has 0 fully saturated rings. The Kier molecular flexibility index (Phi) is 4.68. The van der Waals surface area contributed by atoms with Gasteiger partial charge in [-0.25, -0.2) is 9.97 Å². The molecule has 0 atom stereocenters. The normalized spacial score (nSPS) is 10.9. The Labute approximate surface area is 164 Å². The molecular formula is C19H12Cl2N2O2S. The lowest BCUT2D eigenvalue weighted by Crippen LogP contribution is -1.91. The van der Waals surface area contributed by atoms with E-state index in [1.54, 1.807) is 25.3 Å². The van der Waals surface area contributed by atoms with Crippen LogP contribution < -0.4 is 9.47 Å². The summed E-state index contributed by atoms with van der Waals surface area (Å²) in [5.74, 6) is 1.74. The Hall–Kier alpha value is -2.34. The van der Waals surface area contributed by atoms with E-state index in [9.17, 15) is 0 Å². The third-order valence-electron chi connectivity index (χ3n) is 3.84. The molecule has 0 saturated carbocycles. The number of ether oxygens (including phenoxy) is 2. The lowest BCUT2D eigenvalue weighted by atomic mass is 10.1.